The van der Waals surface area contributed by atoms with Gasteiger partial charge in [0.25, 0.3) is 0 Å². The smallest absolute Gasteiger partial charge is 0.335 e. The first-order chi connectivity index (χ1) is 12.8. The SMILES string of the molecule is CC(C)n1cnc(CNCc2ccc(-c3ccc(C(F)(F)F)cc3)cc2)c1. The molecule has 0 amide bonds. The molecule has 2 aromatic carbocycles. The van der Waals surface area contributed by atoms with Crippen molar-refractivity contribution in [2.24, 2.45) is 0 Å². The lowest BCUT2D eigenvalue weighted by Gasteiger charge is -2.09. The van der Waals surface area contributed by atoms with E-state index in [0.29, 0.717) is 19.1 Å². The van der Waals surface area contributed by atoms with Crippen LogP contribution in [-0.2, 0) is 19.3 Å². The first-order valence-electron chi connectivity index (χ1n) is 8.82. The third kappa shape index (κ3) is 4.98. The largest absolute Gasteiger partial charge is 0.416 e. The van der Waals surface area contributed by atoms with E-state index in [9.17, 15) is 13.2 Å². The van der Waals surface area contributed by atoms with E-state index in [0.717, 1.165) is 34.5 Å². The Morgan fingerprint density at radius 2 is 1.52 bits per heavy atom. The number of aromatic nitrogens is 2. The fourth-order valence-corrected chi connectivity index (χ4v) is 2.75. The fourth-order valence-electron chi connectivity index (χ4n) is 2.75. The Hall–Kier alpha value is -2.60. The molecule has 1 heterocycles. The zero-order chi connectivity index (χ0) is 19.4. The minimum absolute atomic E-state index is 0.393. The maximum absolute atomic E-state index is 12.6. The first kappa shape index (κ1) is 19.2. The standard InChI is InChI=1S/C21H22F3N3/c1-15(2)27-13-20(26-14-27)12-25-11-16-3-5-17(6-4-16)18-7-9-19(10-8-18)21(22,23)24/h3-10,13-15,25H,11-12H2,1-2H3. The monoisotopic (exact) mass is 373 g/mol. The molecule has 3 rings (SSSR count). The van der Waals surface area contributed by atoms with Crippen molar-refractivity contribution in [1.29, 1.82) is 0 Å². The summed E-state index contributed by atoms with van der Waals surface area (Å²) in [5.41, 5.74) is 3.12. The average molecular weight is 373 g/mol. The zero-order valence-corrected chi connectivity index (χ0v) is 15.3. The minimum atomic E-state index is -4.31. The van der Waals surface area contributed by atoms with Crippen molar-refractivity contribution in [1.82, 2.24) is 14.9 Å². The molecule has 0 saturated carbocycles. The highest BCUT2D eigenvalue weighted by atomic mass is 19.4. The van der Waals surface area contributed by atoms with Crippen molar-refractivity contribution in [3.63, 3.8) is 0 Å². The lowest BCUT2D eigenvalue weighted by molar-refractivity contribution is -0.137. The number of alkyl halides is 3. The molecule has 0 aliphatic rings. The van der Waals surface area contributed by atoms with E-state index < -0.39 is 11.7 Å². The van der Waals surface area contributed by atoms with Gasteiger partial charge in [-0.15, -0.1) is 0 Å². The van der Waals surface area contributed by atoms with Gasteiger partial charge in [0, 0.05) is 25.3 Å². The van der Waals surface area contributed by atoms with E-state index in [1.807, 2.05) is 36.8 Å². The maximum atomic E-state index is 12.6. The lowest BCUT2D eigenvalue weighted by Crippen LogP contribution is -2.12. The first-order valence-corrected chi connectivity index (χ1v) is 8.82. The molecule has 0 fully saturated rings. The molecule has 27 heavy (non-hydrogen) atoms. The Morgan fingerprint density at radius 3 is 2.04 bits per heavy atom. The number of hydrogen-bond acceptors (Lipinski definition) is 2. The fraction of sp³-hybridized carbons (Fsp3) is 0.286. The molecule has 0 radical (unpaired) electrons. The van der Waals surface area contributed by atoms with Crippen molar-refractivity contribution in [3.8, 4) is 11.1 Å². The number of imidazole rings is 1. The van der Waals surface area contributed by atoms with E-state index in [1.165, 1.54) is 12.1 Å². The second-order valence-electron chi connectivity index (χ2n) is 6.78. The van der Waals surface area contributed by atoms with Crippen molar-refractivity contribution in [3.05, 3.63) is 77.9 Å². The molecule has 1 aromatic heterocycles. The Morgan fingerprint density at radius 1 is 0.926 bits per heavy atom. The van der Waals surface area contributed by atoms with E-state index in [2.05, 4.69) is 28.7 Å². The van der Waals surface area contributed by atoms with Gasteiger partial charge in [-0.25, -0.2) is 4.98 Å². The van der Waals surface area contributed by atoms with Crippen LogP contribution in [0.3, 0.4) is 0 Å². The van der Waals surface area contributed by atoms with Crippen molar-refractivity contribution >= 4 is 0 Å². The van der Waals surface area contributed by atoms with Crippen molar-refractivity contribution in [2.75, 3.05) is 0 Å². The van der Waals surface area contributed by atoms with Gasteiger partial charge in [0.05, 0.1) is 17.6 Å². The van der Waals surface area contributed by atoms with Crippen molar-refractivity contribution < 1.29 is 13.2 Å². The predicted octanol–water partition coefficient (Wildman–Crippen LogP) is 5.44. The number of hydrogen-bond donors (Lipinski definition) is 1. The van der Waals surface area contributed by atoms with Gasteiger partial charge in [-0.2, -0.15) is 13.2 Å². The molecule has 0 bridgehead atoms. The second kappa shape index (κ2) is 7.96. The summed E-state index contributed by atoms with van der Waals surface area (Å²) in [4.78, 5) is 4.37. The van der Waals surface area contributed by atoms with E-state index in [1.54, 1.807) is 0 Å². The molecule has 0 saturated heterocycles. The van der Waals surface area contributed by atoms with E-state index >= 15 is 0 Å². The van der Waals surface area contributed by atoms with Gasteiger partial charge in [0.15, 0.2) is 0 Å². The van der Waals surface area contributed by atoms with Crippen LogP contribution in [0.1, 0.15) is 36.7 Å². The predicted molar refractivity (Wildman–Crippen MR) is 100 cm³/mol. The summed E-state index contributed by atoms with van der Waals surface area (Å²) in [6, 6.07) is 13.4. The summed E-state index contributed by atoms with van der Waals surface area (Å²) in [6.45, 7) is 5.59. The van der Waals surface area contributed by atoms with Crippen LogP contribution in [0.25, 0.3) is 11.1 Å². The Balaban J connectivity index is 1.56. The van der Waals surface area contributed by atoms with Gasteiger partial charge in [-0.1, -0.05) is 36.4 Å². The molecule has 1 N–H and O–H groups in total. The number of nitrogens with one attached hydrogen (secondary N) is 1. The molecule has 0 unspecified atom stereocenters. The third-order valence-corrected chi connectivity index (χ3v) is 4.39. The normalized spacial score (nSPS) is 11.9. The molecular formula is C21H22F3N3. The highest BCUT2D eigenvalue weighted by molar-refractivity contribution is 5.64. The second-order valence-corrected chi connectivity index (χ2v) is 6.78. The average Bonchev–Trinajstić information content (AvgIpc) is 3.11. The van der Waals surface area contributed by atoms with Crippen LogP contribution in [0, 0.1) is 0 Å². The molecular weight excluding hydrogens is 351 g/mol. The summed E-state index contributed by atoms with van der Waals surface area (Å²) in [5.74, 6) is 0. The molecule has 0 aliphatic carbocycles. The van der Waals surface area contributed by atoms with Crippen molar-refractivity contribution in [2.45, 2.75) is 39.2 Å². The molecule has 3 aromatic rings. The van der Waals surface area contributed by atoms with Gasteiger partial charge >= 0.3 is 6.18 Å². The van der Waals surface area contributed by atoms with Crippen LogP contribution in [0.2, 0.25) is 0 Å². The highest BCUT2D eigenvalue weighted by Crippen LogP contribution is 2.31. The summed E-state index contributed by atoms with van der Waals surface area (Å²) in [5, 5.41) is 3.35. The molecule has 3 nitrogen and oxygen atoms in total. The number of halogens is 3. The van der Waals surface area contributed by atoms with Crippen LogP contribution < -0.4 is 5.32 Å². The third-order valence-electron chi connectivity index (χ3n) is 4.39. The maximum Gasteiger partial charge on any atom is 0.416 e. The summed E-state index contributed by atoms with van der Waals surface area (Å²) >= 11 is 0. The number of benzene rings is 2. The van der Waals surface area contributed by atoms with Crippen LogP contribution in [0.5, 0.6) is 0 Å². The highest BCUT2D eigenvalue weighted by Gasteiger charge is 2.29. The van der Waals surface area contributed by atoms with Crippen LogP contribution in [0.4, 0.5) is 13.2 Å². The van der Waals surface area contributed by atoms with Gasteiger partial charge < -0.3 is 9.88 Å². The van der Waals surface area contributed by atoms with Gasteiger partial charge in [0.2, 0.25) is 0 Å². The molecule has 0 atom stereocenters. The summed E-state index contributed by atoms with van der Waals surface area (Å²) in [7, 11) is 0. The molecule has 6 heteroatoms. The van der Waals surface area contributed by atoms with Crippen LogP contribution >= 0.6 is 0 Å². The minimum Gasteiger partial charge on any atom is -0.335 e. The van der Waals surface area contributed by atoms with E-state index in [4.69, 9.17) is 0 Å². The Kier molecular flexibility index (Phi) is 5.65. The van der Waals surface area contributed by atoms with Gasteiger partial charge in [0.1, 0.15) is 0 Å². The van der Waals surface area contributed by atoms with Crippen LogP contribution in [0.15, 0.2) is 61.1 Å². The number of nitrogens with zero attached hydrogens (tertiary/aromatic N) is 2. The van der Waals surface area contributed by atoms with Gasteiger partial charge in [-0.3, -0.25) is 0 Å². The molecule has 142 valence electrons. The quantitative estimate of drug-likeness (QED) is 0.624. The van der Waals surface area contributed by atoms with Gasteiger partial charge in [-0.05, 0) is 42.7 Å². The Labute approximate surface area is 156 Å². The Bertz CT molecular complexity index is 863. The summed E-state index contributed by atoms with van der Waals surface area (Å²) in [6.07, 6.45) is -0.440. The topological polar surface area (TPSA) is 29.9 Å². The number of rotatable bonds is 6. The zero-order valence-electron chi connectivity index (χ0n) is 15.3. The van der Waals surface area contributed by atoms with Crippen LogP contribution in [-0.4, -0.2) is 9.55 Å². The lowest BCUT2D eigenvalue weighted by atomic mass is 10.0. The summed E-state index contributed by atoms with van der Waals surface area (Å²) < 4.78 is 40.0. The molecule has 0 spiro atoms. The van der Waals surface area contributed by atoms with E-state index in [-0.39, 0.29) is 0 Å². The molecule has 0 aliphatic heterocycles.